The summed E-state index contributed by atoms with van der Waals surface area (Å²) in [4.78, 5) is 2.59. The molecule has 0 fully saturated rings. The second kappa shape index (κ2) is 11.5. The fourth-order valence-corrected chi connectivity index (χ4v) is 7.78. The quantitative estimate of drug-likeness (QED) is 0.331. The molecule has 0 saturated carbocycles. The maximum Gasteiger partial charge on any atom is 0.334 e. The highest BCUT2D eigenvalue weighted by molar-refractivity contribution is 6.67. The van der Waals surface area contributed by atoms with Crippen molar-refractivity contribution in [3.8, 4) is 0 Å². The lowest BCUT2D eigenvalue weighted by Crippen LogP contribution is -2.45. The van der Waals surface area contributed by atoms with E-state index in [2.05, 4.69) is 89.5 Å². The molecular weight excluding hydrogens is 366 g/mol. The molecule has 0 bridgehead atoms. The van der Waals surface area contributed by atoms with E-state index in [-0.39, 0.29) is 5.54 Å². The topological polar surface area (TPSA) is 21.7 Å². The van der Waals surface area contributed by atoms with Gasteiger partial charge in [-0.05, 0) is 65.7 Å². The summed E-state index contributed by atoms with van der Waals surface area (Å²) >= 11 is 0. The lowest BCUT2D eigenvalue weighted by molar-refractivity contribution is 0.124. The van der Waals surface area contributed by atoms with Crippen LogP contribution >= 0.6 is 0 Å². The Kier molecular flexibility index (Phi) is 10.5. The molecule has 27 heavy (non-hydrogen) atoms. The van der Waals surface area contributed by atoms with Crippen LogP contribution in [0.3, 0.4) is 0 Å². The van der Waals surface area contributed by atoms with Gasteiger partial charge in [-0.2, -0.15) is 0 Å². The van der Waals surface area contributed by atoms with Gasteiger partial charge in [-0.1, -0.05) is 49.8 Å². The maximum absolute atomic E-state index is 6.47. The SMILES string of the molecule is CCO[Si](C)(CCCCN(Cc1ccccc1)C(C)(C)C)OC(C)[SiH](C)C. The van der Waals surface area contributed by atoms with E-state index < -0.39 is 17.4 Å². The largest absolute Gasteiger partial charge is 0.395 e. The molecule has 0 radical (unpaired) electrons. The minimum atomic E-state index is -2.05. The van der Waals surface area contributed by atoms with Crippen molar-refractivity contribution in [2.24, 2.45) is 0 Å². The molecule has 0 aliphatic rings. The molecule has 1 rings (SSSR count). The van der Waals surface area contributed by atoms with Crippen molar-refractivity contribution in [2.75, 3.05) is 13.2 Å². The molecule has 0 heterocycles. The highest BCUT2D eigenvalue weighted by Gasteiger charge is 2.33. The minimum Gasteiger partial charge on any atom is -0.395 e. The van der Waals surface area contributed by atoms with Crippen molar-refractivity contribution in [1.82, 2.24) is 4.90 Å². The second-order valence-electron chi connectivity index (χ2n) is 9.17. The van der Waals surface area contributed by atoms with E-state index in [1.165, 1.54) is 18.4 Å². The van der Waals surface area contributed by atoms with E-state index in [9.17, 15) is 0 Å². The molecule has 2 unspecified atom stereocenters. The average Bonchev–Trinajstić information content (AvgIpc) is 2.57. The van der Waals surface area contributed by atoms with E-state index in [0.717, 1.165) is 25.7 Å². The van der Waals surface area contributed by atoms with E-state index in [1.54, 1.807) is 0 Å². The van der Waals surface area contributed by atoms with Crippen LogP contribution in [-0.2, 0) is 15.4 Å². The summed E-state index contributed by atoms with van der Waals surface area (Å²) in [6, 6.07) is 11.9. The predicted molar refractivity (Wildman–Crippen MR) is 123 cm³/mol. The van der Waals surface area contributed by atoms with Crippen LogP contribution in [0.25, 0.3) is 0 Å². The zero-order valence-corrected chi connectivity index (χ0v) is 21.2. The molecule has 0 aromatic heterocycles. The van der Waals surface area contributed by atoms with Gasteiger partial charge >= 0.3 is 8.56 Å². The average molecular weight is 410 g/mol. The lowest BCUT2D eigenvalue weighted by Gasteiger charge is -2.36. The van der Waals surface area contributed by atoms with Gasteiger partial charge in [0.2, 0.25) is 0 Å². The summed E-state index contributed by atoms with van der Waals surface area (Å²) in [5, 5.41) is 0. The number of hydrogen-bond acceptors (Lipinski definition) is 3. The first-order valence-corrected chi connectivity index (χ1v) is 16.2. The Bertz CT molecular complexity index is 519. The van der Waals surface area contributed by atoms with Gasteiger partial charge in [0.1, 0.15) is 0 Å². The number of hydrogen-bond donors (Lipinski definition) is 0. The van der Waals surface area contributed by atoms with Crippen molar-refractivity contribution in [1.29, 1.82) is 0 Å². The van der Waals surface area contributed by atoms with Crippen molar-refractivity contribution in [3.63, 3.8) is 0 Å². The van der Waals surface area contributed by atoms with Crippen molar-refractivity contribution >= 4 is 17.4 Å². The Morgan fingerprint density at radius 1 is 1.11 bits per heavy atom. The van der Waals surface area contributed by atoms with Gasteiger partial charge in [-0.3, -0.25) is 4.90 Å². The molecule has 0 aliphatic carbocycles. The summed E-state index contributed by atoms with van der Waals surface area (Å²) in [7, 11) is -2.84. The molecular formula is C22H43NO2Si2. The third-order valence-corrected chi connectivity index (χ3v) is 10.6. The molecule has 0 N–H and O–H groups in total. The van der Waals surface area contributed by atoms with Crippen LogP contribution in [0, 0.1) is 0 Å². The van der Waals surface area contributed by atoms with Crippen LogP contribution in [-0.4, -0.2) is 46.7 Å². The Hall–Kier alpha value is -0.466. The van der Waals surface area contributed by atoms with Crippen LogP contribution in [0.4, 0.5) is 0 Å². The molecule has 3 nitrogen and oxygen atoms in total. The molecule has 0 amide bonds. The smallest absolute Gasteiger partial charge is 0.334 e. The Balaban J connectivity index is 2.57. The van der Waals surface area contributed by atoms with Gasteiger partial charge in [0.15, 0.2) is 0 Å². The zero-order chi connectivity index (χ0) is 20.5. The summed E-state index contributed by atoms with van der Waals surface area (Å²) in [5.41, 5.74) is 1.96. The first kappa shape index (κ1) is 24.6. The standard InChI is InChI=1S/C22H43NO2Si2/c1-9-24-27(8,25-20(2)26(6)7)18-14-13-17-23(22(3,4)5)19-21-15-11-10-12-16-21/h10-12,15-16,20,26H,9,13-14,17-19H2,1-8H3. The zero-order valence-electron chi connectivity index (χ0n) is 19.0. The summed E-state index contributed by atoms with van der Waals surface area (Å²) < 4.78 is 12.6. The van der Waals surface area contributed by atoms with E-state index in [4.69, 9.17) is 8.85 Å². The Labute approximate surface area is 171 Å². The summed E-state index contributed by atoms with van der Waals surface area (Å²) in [6.07, 6.45) is 2.37. The molecule has 1 aromatic rings. The highest BCUT2D eigenvalue weighted by Crippen LogP contribution is 2.22. The maximum atomic E-state index is 6.47. The van der Waals surface area contributed by atoms with Crippen molar-refractivity contribution < 1.29 is 8.85 Å². The summed E-state index contributed by atoms with van der Waals surface area (Å²) in [6.45, 7) is 21.1. The molecule has 0 saturated heterocycles. The van der Waals surface area contributed by atoms with Crippen LogP contribution in [0.15, 0.2) is 30.3 Å². The van der Waals surface area contributed by atoms with E-state index >= 15 is 0 Å². The van der Waals surface area contributed by atoms with Crippen LogP contribution < -0.4 is 0 Å². The fraction of sp³-hybridized carbons (Fsp3) is 0.727. The number of rotatable bonds is 12. The third kappa shape index (κ3) is 9.52. The van der Waals surface area contributed by atoms with Crippen LogP contribution in [0.2, 0.25) is 25.7 Å². The van der Waals surface area contributed by atoms with Gasteiger partial charge in [-0.15, -0.1) is 0 Å². The third-order valence-electron chi connectivity index (χ3n) is 5.30. The first-order chi connectivity index (χ1) is 12.6. The monoisotopic (exact) mass is 409 g/mol. The molecule has 0 spiro atoms. The summed E-state index contributed by atoms with van der Waals surface area (Å²) in [5.74, 6) is 0. The van der Waals surface area contributed by atoms with Crippen molar-refractivity contribution in [3.05, 3.63) is 35.9 Å². The molecule has 0 aliphatic heterocycles. The Morgan fingerprint density at radius 3 is 2.26 bits per heavy atom. The molecule has 156 valence electrons. The normalized spacial score (nSPS) is 15.9. The molecule has 1 aromatic carbocycles. The van der Waals surface area contributed by atoms with Crippen molar-refractivity contribution in [2.45, 2.75) is 91.0 Å². The van der Waals surface area contributed by atoms with E-state index in [1.807, 2.05) is 0 Å². The van der Waals surface area contributed by atoms with Gasteiger partial charge in [0, 0.05) is 24.4 Å². The van der Waals surface area contributed by atoms with Gasteiger partial charge in [0.05, 0.1) is 8.80 Å². The molecule has 5 heteroatoms. The van der Waals surface area contributed by atoms with E-state index in [0.29, 0.717) is 5.73 Å². The Morgan fingerprint density at radius 2 is 1.74 bits per heavy atom. The van der Waals surface area contributed by atoms with Gasteiger partial charge in [-0.25, -0.2) is 0 Å². The molecule has 2 atom stereocenters. The van der Waals surface area contributed by atoms with Crippen LogP contribution in [0.5, 0.6) is 0 Å². The first-order valence-electron chi connectivity index (χ1n) is 10.7. The highest BCUT2D eigenvalue weighted by atomic mass is 28.4. The van der Waals surface area contributed by atoms with Gasteiger partial charge in [0.25, 0.3) is 0 Å². The number of nitrogens with zero attached hydrogens (tertiary/aromatic N) is 1. The predicted octanol–water partition coefficient (Wildman–Crippen LogP) is 5.61. The second-order valence-corrected chi connectivity index (χ2v) is 15.9. The van der Waals surface area contributed by atoms with Gasteiger partial charge < -0.3 is 8.85 Å². The fourth-order valence-electron chi connectivity index (χ4n) is 3.20. The van der Waals surface area contributed by atoms with Crippen LogP contribution in [0.1, 0.15) is 53.0 Å². The number of unbranched alkanes of at least 4 members (excludes halogenated alkanes) is 1. The number of benzene rings is 1. The lowest BCUT2D eigenvalue weighted by atomic mass is 10.0. The minimum absolute atomic E-state index is 0.171.